The first-order valence-corrected chi connectivity index (χ1v) is 8.49. The minimum absolute atomic E-state index is 0.115. The van der Waals surface area contributed by atoms with E-state index >= 15 is 0 Å². The van der Waals surface area contributed by atoms with Crippen LogP contribution in [0, 0.1) is 6.92 Å². The molecule has 1 saturated heterocycles. The minimum atomic E-state index is 0.115. The quantitative estimate of drug-likeness (QED) is 0.881. The molecule has 1 N–H and O–H groups in total. The number of anilines is 1. The molecule has 0 unspecified atom stereocenters. The Balaban J connectivity index is 1.81. The van der Waals surface area contributed by atoms with Gasteiger partial charge in [0.15, 0.2) is 0 Å². The summed E-state index contributed by atoms with van der Waals surface area (Å²) in [7, 11) is 0. The highest BCUT2D eigenvalue weighted by Crippen LogP contribution is 2.35. The number of aromatic nitrogens is 1. The van der Waals surface area contributed by atoms with E-state index in [1.54, 1.807) is 0 Å². The van der Waals surface area contributed by atoms with Crippen LogP contribution in [-0.4, -0.2) is 24.7 Å². The predicted molar refractivity (Wildman–Crippen MR) is 93.3 cm³/mol. The van der Waals surface area contributed by atoms with Crippen molar-refractivity contribution in [2.45, 2.75) is 25.2 Å². The van der Waals surface area contributed by atoms with Gasteiger partial charge in [0, 0.05) is 35.3 Å². The Morgan fingerprint density at radius 2 is 1.86 bits per heavy atom. The smallest absolute Gasteiger partial charge is 0.126 e. The van der Waals surface area contributed by atoms with Crippen molar-refractivity contribution in [3.8, 4) is 0 Å². The fourth-order valence-electron chi connectivity index (χ4n) is 3.03. The topological polar surface area (TPSA) is 34.1 Å². The molecule has 3 rings (SSSR count). The molecule has 0 atom stereocenters. The second kappa shape index (κ2) is 6.80. The number of rotatable bonds is 4. The fourth-order valence-corrected chi connectivity index (χ4v) is 3.30. The van der Waals surface area contributed by atoms with Gasteiger partial charge in [0.25, 0.3) is 0 Å². The Kier molecular flexibility index (Phi) is 4.79. The number of nitrogens with zero attached hydrogens (tertiary/aromatic N) is 1. The Hall–Kier alpha value is -1.39. The van der Waals surface area contributed by atoms with Crippen LogP contribution in [0.15, 0.2) is 46.9 Å². The highest BCUT2D eigenvalue weighted by atomic mass is 79.9. The molecule has 1 fully saturated rings. The zero-order valence-electron chi connectivity index (χ0n) is 12.8. The van der Waals surface area contributed by atoms with Gasteiger partial charge in [-0.05, 0) is 49.6 Å². The van der Waals surface area contributed by atoms with Gasteiger partial charge in [0.2, 0.25) is 0 Å². The summed E-state index contributed by atoms with van der Waals surface area (Å²) in [6.45, 7) is 4.54. The SMILES string of the molecule is Cc1cccc(NCC2(c3ccc(Br)cc3)CCOCC2)n1. The van der Waals surface area contributed by atoms with E-state index in [-0.39, 0.29) is 5.41 Å². The van der Waals surface area contributed by atoms with Gasteiger partial charge < -0.3 is 10.1 Å². The molecular weight excluding hydrogens is 340 g/mol. The van der Waals surface area contributed by atoms with Gasteiger partial charge in [-0.2, -0.15) is 0 Å². The molecule has 4 heteroatoms. The van der Waals surface area contributed by atoms with E-state index in [1.165, 1.54) is 5.56 Å². The van der Waals surface area contributed by atoms with Gasteiger partial charge in [-0.1, -0.05) is 34.1 Å². The average Bonchev–Trinajstić information content (AvgIpc) is 2.55. The molecule has 0 amide bonds. The van der Waals surface area contributed by atoms with Crippen molar-refractivity contribution in [3.05, 3.63) is 58.2 Å². The maximum atomic E-state index is 5.59. The molecule has 1 aliphatic rings. The summed E-state index contributed by atoms with van der Waals surface area (Å²) in [6.07, 6.45) is 2.07. The first kappa shape index (κ1) is 15.5. The summed E-state index contributed by atoms with van der Waals surface area (Å²) in [5, 5.41) is 3.53. The second-order valence-corrected chi connectivity index (χ2v) is 6.83. The maximum absolute atomic E-state index is 5.59. The number of nitrogens with one attached hydrogen (secondary N) is 1. The summed E-state index contributed by atoms with van der Waals surface area (Å²) in [5.41, 5.74) is 2.53. The van der Waals surface area contributed by atoms with E-state index < -0.39 is 0 Å². The van der Waals surface area contributed by atoms with E-state index in [4.69, 9.17) is 4.74 Å². The van der Waals surface area contributed by atoms with E-state index in [0.29, 0.717) is 0 Å². The Bertz CT molecular complexity index is 621. The van der Waals surface area contributed by atoms with Crippen molar-refractivity contribution in [3.63, 3.8) is 0 Å². The van der Waals surface area contributed by atoms with Crippen LogP contribution in [0.5, 0.6) is 0 Å². The van der Waals surface area contributed by atoms with Crippen molar-refractivity contribution in [1.29, 1.82) is 0 Å². The normalized spacial score (nSPS) is 17.2. The third-order valence-electron chi connectivity index (χ3n) is 4.40. The van der Waals surface area contributed by atoms with Crippen molar-refractivity contribution in [1.82, 2.24) is 4.98 Å². The van der Waals surface area contributed by atoms with E-state index in [1.807, 2.05) is 25.1 Å². The van der Waals surface area contributed by atoms with Gasteiger partial charge in [0.05, 0.1) is 0 Å². The van der Waals surface area contributed by atoms with Gasteiger partial charge in [-0.3, -0.25) is 0 Å². The number of ether oxygens (including phenoxy) is 1. The van der Waals surface area contributed by atoms with Crippen LogP contribution in [0.1, 0.15) is 24.1 Å². The third kappa shape index (κ3) is 3.50. The Morgan fingerprint density at radius 3 is 2.55 bits per heavy atom. The van der Waals surface area contributed by atoms with Crippen LogP contribution in [0.2, 0.25) is 0 Å². The molecule has 1 aromatic heterocycles. The number of aryl methyl sites for hydroxylation is 1. The largest absolute Gasteiger partial charge is 0.381 e. The molecule has 0 saturated carbocycles. The molecular formula is C18H21BrN2O. The van der Waals surface area contributed by atoms with Crippen molar-refractivity contribution in [2.24, 2.45) is 0 Å². The van der Waals surface area contributed by atoms with Gasteiger partial charge in [-0.15, -0.1) is 0 Å². The molecule has 0 bridgehead atoms. The Labute approximate surface area is 140 Å². The number of benzene rings is 1. The predicted octanol–water partition coefficient (Wildman–Crippen LogP) is 4.31. The van der Waals surface area contributed by atoms with Crippen LogP contribution in [0.25, 0.3) is 0 Å². The Morgan fingerprint density at radius 1 is 1.14 bits per heavy atom. The molecule has 22 heavy (non-hydrogen) atoms. The highest BCUT2D eigenvalue weighted by molar-refractivity contribution is 9.10. The summed E-state index contributed by atoms with van der Waals surface area (Å²) in [5.74, 6) is 0.947. The molecule has 2 aromatic rings. The summed E-state index contributed by atoms with van der Waals surface area (Å²) < 4.78 is 6.71. The highest BCUT2D eigenvalue weighted by Gasteiger charge is 2.34. The molecule has 116 valence electrons. The molecule has 2 heterocycles. The lowest BCUT2D eigenvalue weighted by molar-refractivity contribution is 0.0543. The molecule has 0 aliphatic carbocycles. The van der Waals surface area contributed by atoms with Crippen molar-refractivity contribution >= 4 is 21.7 Å². The second-order valence-electron chi connectivity index (χ2n) is 5.92. The number of hydrogen-bond donors (Lipinski definition) is 1. The standard InChI is InChI=1S/C18H21BrN2O/c1-14-3-2-4-17(21-14)20-13-18(9-11-22-12-10-18)15-5-7-16(19)8-6-15/h2-8H,9-13H2,1H3,(H,20,21). The van der Waals surface area contributed by atoms with Crippen LogP contribution in [0.3, 0.4) is 0 Å². The van der Waals surface area contributed by atoms with E-state index in [0.717, 1.165) is 48.6 Å². The number of hydrogen-bond acceptors (Lipinski definition) is 3. The van der Waals surface area contributed by atoms with Gasteiger partial charge >= 0.3 is 0 Å². The summed E-state index contributed by atoms with van der Waals surface area (Å²) in [4.78, 5) is 4.55. The van der Waals surface area contributed by atoms with Crippen LogP contribution in [-0.2, 0) is 10.2 Å². The van der Waals surface area contributed by atoms with Crippen molar-refractivity contribution < 1.29 is 4.74 Å². The molecule has 3 nitrogen and oxygen atoms in total. The third-order valence-corrected chi connectivity index (χ3v) is 4.93. The molecule has 1 aromatic carbocycles. The van der Waals surface area contributed by atoms with Gasteiger partial charge in [0.1, 0.15) is 5.82 Å². The lowest BCUT2D eigenvalue weighted by atomic mass is 9.74. The van der Waals surface area contributed by atoms with E-state index in [2.05, 4.69) is 50.5 Å². The first-order chi connectivity index (χ1) is 10.7. The van der Waals surface area contributed by atoms with E-state index in [9.17, 15) is 0 Å². The molecule has 1 aliphatic heterocycles. The average molecular weight is 361 g/mol. The zero-order valence-corrected chi connectivity index (χ0v) is 14.4. The lowest BCUT2D eigenvalue weighted by Gasteiger charge is -2.38. The van der Waals surface area contributed by atoms with Crippen LogP contribution >= 0.6 is 15.9 Å². The first-order valence-electron chi connectivity index (χ1n) is 7.69. The number of pyridine rings is 1. The van der Waals surface area contributed by atoms with Crippen molar-refractivity contribution in [2.75, 3.05) is 25.1 Å². The lowest BCUT2D eigenvalue weighted by Crippen LogP contribution is -2.40. The fraction of sp³-hybridized carbons (Fsp3) is 0.389. The molecule has 0 radical (unpaired) electrons. The van der Waals surface area contributed by atoms with Crippen LogP contribution in [0.4, 0.5) is 5.82 Å². The minimum Gasteiger partial charge on any atom is -0.381 e. The monoisotopic (exact) mass is 360 g/mol. The summed E-state index contributed by atoms with van der Waals surface area (Å²) >= 11 is 3.52. The zero-order chi connectivity index (χ0) is 15.4. The number of halogens is 1. The summed E-state index contributed by atoms with van der Waals surface area (Å²) in [6, 6.07) is 14.8. The molecule has 0 spiro atoms. The maximum Gasteiger partial charge on any atom is 0.126 e. The van der Waals surface area contributed by atoms with Crippen LogP contribution < -0.4 is 5.32 Å². The van der Waals surface area contributed by atoms with Gasteiger partial charge in [-0.25, -0.2) is 4.98 Å².